The predicted octanol–water partition coefficient (Wildman–Crippen LogP) is 3.09. The number of amides is 1. The van der Waals surface area contributed by atoms with Gasteiger partial charge in [-0.25, -0.2) is 4.98 Å². The van der Waals surface area contributed by atoms with Crippen LogP contribution in [0.5, 0.6) is 0 Å². The van der Waals surface area contributed by atoms with Crippen molar-refractivity contribution in [3.05, 3.63) is 22.8 Å². The Morgan fingerprint density at radius 3 is 2.55 bits per heavy atom. The lowest BCUT2D eigenvalue weighted by Gasteiger charge is -2.18. The number of aromatic nitrogens is 1. The molecule has 1 aromatic heterocycles. The highest BCUT2D eigenvalue weighted by atomic mass is 35.5. The van der Waals surface area contributed by atoms with E-state index >= 15 is 0 Å². The fourth-order valence-electron chi connectivity index (χ4n) is 2.63. The third-order valence-corrected chi connectivity index (χ3v) is 4.28. The second-order valence-corrected chi connectivity index (χ2v) is 6.14. The lowest BCUT2D eigenvalue weighted by molar-refractivity contribution is 0.0921. The van der Waals surface area contributed by atoms with Crippen LogP contribution in [0.1, 0.15) is 43.1 Å². The summed E-state index contributed by atoms with van der Waals surface area (Å²) in [6.45, 7) is 2.76. The minimum absolute atomic E-state index is 0.140. The lowest BCUT2D eigenvalue weighted by Crippen LogP contribution is -2.38. The third-order valence-electron chi connectivity index (χ3n) is 3.98. The van der Waals surface area contributed by atoms with E-state index < -0.39 is 0 Å². The molecule has 0 atom stereocenters. The van der Waals surface area contributed by atoms with Crippen molar-refractivity contribution in [3.63, 3.8) is 0 Å². The Morgan fingerprint density at radius 1 is 1.35 bits per heavy atom. The topological polar surface area (TPSA) is 54.0 Å². The first kappa shape index (κ1) is 13.7. The number of nitrogens with zero attached hydrogens (tertiary/aromatic N) is 1. The zero-order valence-corrected chi connectivity index (χ0v) is 12.4. The summed E-state index contributed by atoms with van der Waals surface area (Å²) in [4.78, 5) is 16.7. The molecule has 1 heterocycles. The molecule has 4 nitrogen and oxygen atoms in total. The summed E-state index contributed by atoms with van der Waals surface area (Å²) in [6.07, 6.45) is 4.94. The Hall–Kier alpha value is -1.29. The number of pyridine rings is 1. The molecule has 0 unspecified atom stereocenters. The van der Waals surface area contributed by atoms with E-state index in [1.807, 2.05) is 6.92 Å². The third kappa shape index (κ3) is 3.06. The molecule has 2 aliphatic rings. The molecular formula is C15H20ClN3O. The average Bonchev–Trinajstić information content (AvgIpc) is 3.29. The first-order valence-corrected chi connectivity index (χ1v) is 7.78. The van der Waals surface area contributed by atoms with E-state index in [1.54, 1.807) is 12.1 Å². The number of hydrogen-bond acceptors (Lipinski definition) is 3. The summed E-state index contributed by atoms with van der Waals surface area (Å²) < 4.78 is 0. The van der Waals surface area contributed by atoms with Gasteiger partial charge in [-0.2, -0.15) is 0 Å². The van der Waals surface area contributed by atoms with Crippen LogP contribution in [0.4, 0.5) is 5.82 Å². The molecule has 2 aliphatic carbocycles. The lowest BCUT2D eigenvalue weighted by atomic mass is 10.1. The zero-order valence-electron chi connectivity index (χ0n) is 11.7. The molecule has 108 valence electrons. The summed E-state index contributed by atoms with van der Waals surface area (Å²) in [7, 11) is 0. The van der Waals surface area contributed by atoms with Crippen LogP contribution in [0.15, 0.2) is 12.1 Å². The van der Waals surface area contributed by atoms with Gasteiger partial charge in [0.05, 0.1) is 5.02 Å². The molecule has 3 rings (SSSR count). The first-order valence-electron chi connectivity index (χ1n) is 7.40. The molecule has 2 saturated carbocycles. The minimum Gasteiger partial charge on any atom is -0.370 e. The van der Waals surface area contributed by atoms with Gasteiger partial charge in [0.15, 0.2) is 0 Å². The highest BCUT2D eigenvalue weighted by Crippen LogP contribution is 2.44. The molecule has 1 aromatic rings. The van der Waals surface area contributed by atoms with Gasteiger partial charge in [0, 0.05) is 12.6 Å². The first-order chi connectivity index (χ1) is 9.69. The number of nitrogens with one attached hydrogen (secondary N) is 2. The van der Waals surface area contributed by atoms with E-state index in [1.165, 1.54) is 25.7 Å². The summed E-state index contributed by atoms with van der Waals surface area (Å²) in [6, 6.07) is 3.84. The van der Waals surface area contributed by atoms with Crippen LogP contribution in [0.3, 0.4) is 0 Å². The van der Waals surface area contributed by atoms with Gasteiger partial charge < -0.3 is 10.6 Å². The van der Waals surface area contributed by atoms with Gasteiger partial charge in [-0.1, -0.05) is 11.6 Å². The van der Waals surface area contributed by atoms with Crippen LogP contribution in [0, 0.1) is 11.8 Å². The van der Waals surface area contributed by atoms with Crippen molar-refractivity contribution >= 4 is 23.3 Å². The van der Waals surface area contributed by atoms with Crippen LogP contribution in [0.2, 0.25) is 5.02 Å². The van der Waals surface area contributed by atoms with Gasteiger partial charge in [0.2, 0.25) is 0 Å². The van der Waals surface area contributed by atoms with Crippen molar-refractivity contribution in [1.29, 1.82) is 0 Å². The monoisotopic (exact) mass is 293 g/mol. The molecule has 20 heavy (non-hydrogen) atoms. The fourth-order valence-corrected chi connectivity index (χ4v) is 2.82. The summed E-state index contributed by atoms with van der Waals surface area (Å²) >= 11 is 6.11. The molecule has 0 saturated heterocycles. The normalized spacial score (nSPS) is 18.1. The fraction of sp³-hybridized carbons (Fsp3) is 0.600. The van der Waals surface area contributed by atoms with Crippen LogP contribution in [0.25, 0.3) is 0 Å². The maximum absolute atomic E-state index is 12.4. The predicted molar refractivity (Wildman–Crippen MR) is 80.1 cm³/mol. The Balaban J connectivity index is 1.73. The Labute approximate surface area is 124 Å². The van der Waals surface area contributed by atoms with Crippen molar-refractivity contribution in [1.82, 2.24) is 10.3 Å². The van der Waals surface area contributed by atoms with E-state index in [0.29, 0.717) is 34.4 Å². The standard InChI is InChI=1S/C15H20ClN3O/c1-2-17-12-8-7-11(16)14(18-12)15(20)19-13(9-3-4-9)10-5-6-10/h7-10,13H,2-6H2,1H3,(H,17,18)(H,19,20). The van der Waals surface area contributed by atoms with Crippen molar-refractivity contribution in [2.45, 2.75) is 38.6 Å². The molecule has 2 fully saturated rings. The van der Waals surface area contributed by atoms with E-state index in [2.05, 4.69) is 15.6 Å². The number of carbonyl (C=O) groups excluding carboxylic acids is 1. The molecule has 5 heteroatoms. The van der Waals surface area contributed by atoms with Gasteiger partial charge >= 0.3 is 0 Å². The molecule has 0 spiro atoms. The van der Waals surface area contributed by atoms with Crippen LogP contribution >= 0.6 is 11.6 Å². The second-order valence-electron chi connectivity index (χ2n) is 5.73. The Bertz CT molecular complexity index is 500. The van der Waals surface area contributed by atoms with Crippen LogP contribution in [-0.2, 0) is 0 Å². The summed E-state index contributed by atoms with van der Waals surface area (Å²) in [5, 5.41) is 6.67. The smallest absolute Gasteiger partial charge is 0.271 e. The van der Waals surface area contributed by atoms with Crippen molar-refractivity contribution in [2.75, 3.05) is 11.9 Å². The van der Waals surface area contributed by atoms with Gasteiger partial charge in [0.25, 0.3) is 5.91 Å². The largest absolute Gasteiger partial charge is 0.370 e. The second kappa shape index (κ2) is 5.60. The minimum atomic E-state index is -0.140. The van der Waals surface area contributed by atoms with Crippen LogP contribution in [-0.4, -0.2) is 23.5 Å². The van der Waals surface area contributed by atoms with Crippen molar-refractivity contribution < 1.29 is 4.79 Å². The summed E-state index contributed by atoms with van der Waals surface area (Å²) in [5.74, 6) is 1.89. The maximum atomic E-state index is 12.4. The van der Waals surface area contributed by atoms with Gasteiger partial charge in [-0.15, -0.1) is 0 Å². The zero-order chi connectivity index (χ0) is 14.1. The Kier molecular flexibility index (Phi) is 3.83. The number of hydrogen-bond donors (Lipinski definition) is 2. The van der Waals surface area contributed by atoms with Crippen molar-refractivity contribution in [2.24, 2.45) is 11.8 Å². The quantitative estimate of drug-likeness (QED) is 0.847. The van der Waals surface area contributed by atoms with E-state index in [9.17, 15) is 4.79 Å². The average molecular weight is 294 g/mol. The van der Waals surface area contributed by atoms with E-state index in [4.69, 9.17) is 11.6 Å². The van der Waals surface area contributed by atoms with Crippen molar-refractivity contribution in [3.8, 4) is 0 Å². The number of carbonyl (C=O) groups is 1. The maximum Gasteiger partial charge on any atom is 0.271 e. The number of anilines is 1. The molecular weight excluding hydrogens is 274 g/mol. The van der Waals surface area contributed by atoms with Gasteiger partial charge in [0.1, 0.15) is 11.5 Å². The molecule has 2 N–H and O–H groups in total. The van der Waals surface area contributed by atoms with Gasteiger partial charge in [-0.3, -0.25) is 4.79 Å². The highest BCUT2D eigenvalue weighted by Gasteiger charge is 2.42. The highest BCUT2D eigenvalue weighted by molar-refractivity contribution is 6.33. The number of rotatable bonds is 6. The SMILES string of the molecule is CCNc1ccc(Cl)c(C(=O)NC(C2CC2)C2CC2)n1. The Morgan fingerprint density at radius 2 is 2.00 bits per heavy atom. The van der Waals surface area contributed by atoms with E-state index in [0.717, 1.165) is 6.54 Å². The van der Waals surface area contributed by atoms with Crippen LogP contribution < -0.4 is 10.6 Å². The number of halogens is 1. The molecule has 0 radical (unpaired) electrons. The molecule has 1 amide bonds. The molecule has 0 aromatic carbocycles. The molecule has 0 aliphatic heterocycles. The van der Waals surface area contributed by atoms with Gasteiger partial charge in [-0.05, 0) is 56.6 Å². The molecule has 0 bridgehead atoms. The summed E-state index contributed by atoms with van der Waals surface area (Å²) in [5.41, 5.74) is 0.330. The van der Waals surface area contributed by atoms with E-state index in [-0.39, 0.29) is 5.91 Å².